The Kier molecular flexibility index (Phi) is 4.88. The zero-order valence-corrected chi connectivity index (χ0v) is 9.71. The molecule has 0 spiro atoms. The quantitative estimate of drug-likeness (QED) is 0.810. The lowest BCUT2D eigenvalue weighted by molar-refractivity contribution is 0.250. The maximum absolute atomic E-state index is 8.87. The monoisotopic (exact) mass is 229 g/mol. The fraction of sp³-hybridized carbons (Fsp3) is 0.455. The van der Waals surface area contributed by atoms with Gasteiger partial charge >= 0.3 is 0 Å². The molecule has 0 aliphatic carbocycles. The van der Waals surface area contributed by atoms with Crippen LogP contribution in [0.5, 0.6) is 5.75 Å². The van der Waals surface area contributed by atoms with Gasteiger partial charge in [-0.15, -0.1) is 0 Å². The average molecular weight is 230 g/mol. The Labute approximate surface area is 95.0 Å². The first-order valence-electron chi connectivity index (χ1n) is 4.84. The molecule has 0 heterocycles. The number of hydrogen-bond donors (Lipinski definition) is 2. The van der Waals surface area contributed by atoms with Crippen LogP contribution in [0.25, 0.3) is 0 Å². The Morgan fingerprint density at radius 3 is 2.87 bits per heavy atom. The molecule has 1 unspecified atom stereocenters. The third-order valence-electron chi connectivity index (χ3n) is 2.16. The molecule has 0 aromatic heterocycles. The van der Waals surface area contributed by atoms with E-state index in [0.717, 1.165) is 11.3 Å². The number of nitrogens with one attached hydrogen (secondary N) is 1. The van der Waals surface area contributed by atoms with Gasteiger partial charge in [0.25, 0.3) is 0 Å². The number of halogens is 1. The van der Waals surface area contributed by atoms with Gasteiger partial charge in [0.05, 0.1) is 13.7 Å². The van der Waals surface area contributed by atoms with Crippen molar-refractivity contribution in [1.29, 1.82) is 0 Å². The highest BCUT2D eigenvalue weighted by atomic mass is 35.5. The van der Waals surface area contributed by atoms with E-state index in [1.807, 2.05) is 19.1 Å². The van der Waals surface area contributed by atoms with Crippen molar-refractivity contribution >= 4 is 11.6 Å². The predicted molar refractivity (Wildman–Crippen MR) is 61.4 cm³/mol. The highest BCUT2D eigenvalue weighted by Crippen LogP contribution is 2.22. The molecule has 0 bridgehead atoms. The van der Waals surface area contributed by atoms with Crippen LogP contribution in [-0.2, 0) is 6.54 Å². The standard InChI is InChI=1S/C11H16ClNO2/c1-8(7-14)13-6-9-3-4-10(12)5-11(9)15-2/h3-5,8,13-14H,6-7H2,1-2H3. The first-order valence-corrected chi connectivity index (χ1v) is 5.21. The van der Waals surface area contributed by atoms with Crippen LogP contribution in [0.2, 0.25) is 5.02 Å². The van der Waals surface area contributed by atoms with Gasteiger partial charge in [-0.2, -0.15) is 0 Å². The third kappa shape index (κ3) is 3.70. The van der Waals surface area contributed by atoms with Gasteiger partial charge < -0.3 is 15.2 Å². The minimum Gasteiger partial charge on any atom is -0.496 e. The van der Waals surface area contributed by atoms with Crippen LogP contribution >= 0.6 is 11.6 Å². The summed E-state index contributed by atoms with van der Waals surface area (Å²) < 4.78 is 5.21. The van der Waals surface area contributed by atoms with Crippen molar-refractivity contribution in [2.24, 2.45) is 0 Å². The maximum atomic E-state index is 8.87. The normalized spacial score (nSPS) is 12.5. The summed E-state index contributed by atoms with van der Waals surface area (Å²) >= 11 is 5.85. The fourth-order valence-corrected chi connectivity index (χ4v) is 1.38. The topological polar surface area (TPSA) is 41.5 Å². The van der Waals surface area contributed by atoms with Crippen molar-refractivity contribution in [1.82, 2.24) is 5.32 Å². The van der Waals surface area contributed by atoms with Gasteiger partial charge in [0.1, 0.15) is 5.75 Å². The van der Waals surface area contributed by atoms with Gasteiger partial charge in [-0.05, 0) is 19.1 Å². The van der Waals surface area contributed by atoms with Crippen molar-refractivity contribution in [2.75, 3.05) is 13.7 Å². The Hall–Kier alpha value is -0.770. The largest absolute Gasteiger partial charge is 0.496 e. The summed E-state index contributed by atoms with van der Waals surface area (Å²) in [7, 11) is 1.62. The molecule has 0 radical (unpaired) electrons. The summed E-state index contributed by atoms with van der Waals surface area (Å²) in [5.41, 5.74) is 1.03. The summed E-state index contributed by atoms with van der Waals surface area (Å²) in [4.78, 5) is 0. The van der Waals surface area contributed by atoms with Gasteiger partial charge in [0, 0.05) is 23.2 Å². The van der Waals surface area contributed by atoms with Crippen LogP contribution in [0, 0.1) is 0 Å². The minimum absolute atomic E-state index is 0.0744. The maximum Gasteiger partial charge on any atom is 0.124 e. The molecule has 1 atom stereocenters. The molecule has 3 nitrogen and oxygen atoms in total. The third-order valence-corrected chi connectivity index (χ3v) is 2.40. The van der Waals surface area contributed by atoms with Crippen LogP contribution in [0.3, 0.4) is 0 Å². The van der Waals surface area contributed by atoms with Gasteiger partial charge in [0.2, 0.25) is 0 Å². The van der Waals surface area contributed by atoms with Crippen molar-refractivity contribution in [3.63, 3.8) is 0 Å². The van der Waals surface area contributed by atoms with E-state index in [2.05, 4.69) is 5.32 Å². The van der Waals surface area contributed by atoms with Crippen LogP contribution in [0.4, 0.5) is 0 Å². The summed E-state index contributed by atoms with van der Waals surface area (Å²) in [6.07, 6.45) is 0. The number of benzene rings is 1. The molecule has 0 saturated heterocycles. The van der Waals surface area contributed by atoms with Crippen LogP contribution in [0.15, 0.2) is 18.2 Å². The highest BCUT2D eigenvalue weighted by molar-refractivity contribution is 6.30. The number of ether oxygens (including phenoxy) is 1. The van der Waals surface area contributed by atoms with Gasteiger partial charge in [-0.3, -0.25) is 0 Å². The van der Waals surface area contributed by atoms with Crippen molar-refractivity contribution in [3.8, 4) is 5.75 Å². The molecule has 1 rings (SSSR count). The molecule has 84 valence electrons. The van der Waals surface area contributed by atoms with Crippen molar-refractivity contribution in [3.05, 3.63) is 28.8 Å². The number of aliphatic hydroxyl groups is 1. The van der Waals surface area contributed by atoms with Crippen molar-refractivity contribution < 1.29 is 9.84 Å². The van der Waals surface area contributed by atoms with E-state index in [1.165, 1.54) is 0 Å². The van der Waals surface area contributed by atoms with E-state index in [-0.39, 0.29) is 12.6 Å². The Balaban J connectivity index is 2.67. The van der Waals surface area contributed by atoms with E-state index in [4.69, 9.17) is 21.4 Å². The zero-order valence-electron chi connectivity index (χ0n) is 8.96. The molecule has 4 heteroatoms. The van der Waals surface area contributed by atoms with Gasteiger partial charge in [-0.1, -0.05) is 17.7 Å². The SMILES string of the molecule is COc1cc(Cl)ccc1CNC(C)CO. The minimum atomic E-state index is 0.0744. The lowest BCUT2D eigenvalue weighted by atomic mass is 10.2. The number of methoxy groups -OCH3 is 1. The molecule has 15 heavy (non-hydrogen) atoms. The van der Waals surface area contributed by atoms with E-state index < -0.39 is 0 Å². The van der Waals surface area contributed by atoms with Crippen LogP contribution in [0.1, 0.15) is 12.5 Å². The van der Waals surface area contributed by atoms with E-state index in [0.29, 0.717) is 11.6 Å². The second kappa shape index (κ2) is 5.95. The average Bonchev–Trinajstić information content (AvgIpc) is 2.26. The van der Waals surface area contributed by atoms with Crippen LogP contribution < -0.4 is 10.1 Å². The molecule has 0 saturated carbocycles. The molecule has 0 aliphatic rings. The Morgan fingerprint density at radius 2 is 2.27 bits per heavy atom. The lowest BCUT2D eigenvalue weighted by Gasteiger charge is -2.13. The first-order chi connectivity index (χ1) is 7.17. The molecule has 1 aromatic carbocycles. The second-order valence-electron chi connectivity index (χ2n) is 3.42. The van der Waals surface area contributed by atoms with Crippen molar-refractivity contribution in [2.45, 2.75) is 19.5 Å². The Bertz CT molecular complexity index is 317. The number of hydrogen-bond acceptors (Lipinski definition) is 3. The van der Waals surface area contributed by atoms with Gasteiger partial charge in [-0.25, -0.2) is 0 Å². The van der Waals surface area contributed by atoms with E-state index in [9.17, 15) is 0 Å². The molecule has 0 fully saturated rings. The number of rotatable bonds is 5. The van der Waals surface area contributed by atoms with E-state index in [1.54, 1.807) is 13.2 Å². The molecule has 2 N–H and O–H groups in total. The molecule has 0 aliphatic heterocycles. The molecule has 0 amide bonds. The Morgan fingerprint density at radius 1 is 1.53 bits per heavy atom. The van der Waals surface area contributed by atoms with Gasteiger partial charge in [0.15, 0.2) is 0 Å². The lowest BCUT2D eigenvalue weighted by Crippen LogP contribution is -2.28. The molecular weight excluding hydrogens is 214 g/mol. The fourth-order valence-electron chi connectivity index (χ4n) is 1.21. The van der Waals surface area contributed by atoms with E-state index >= 15 is 0 Å². The highest BCUT2D eigenvalue weighted by Gasteiger charge is 2.05. The first kappa shape index (κ1) is 12.3. The predicted octanol–water partition coefficient (Wildman–Crippen LogP) is 1.82. The molecular formula is C11H16ClNO2. The summed E-state index contributed by atoms with van der Waals surface area (Å²) in [6.45, 7) is 2.69. The summed E-state index contributed by atoms with van der Waals surface area (Å²) in [6, 6.07) is 5.59. The van der Waals surface area contributed by atoms with Crippen LogP contribution in [-0.4, -0.2) is 24.9 Å². The number of aliphatic hydroxyl groups excluding tert-OH is 1. The summed E-state index contributed by atoms with van der Waals surface area (Å²) in [5, 5.41) is 12.7. The smallest absolute Gasteiger partial charge is 0.124 e. The molecule has 1 aromatic rings. The summed E-state index contributed by atoms with van der Waals surface area (Å²) in [5.74, 6) is 0.764. The second-order valence-corrected chi connectivity index (χ2v) is 3.86. The zero-order chi connectivity index (χ0) is 11.3.